The van der Waals surface area contributed by atoms with E-state index >= 15 is 0 Å². The van der Waals surface area contributed by atoms with Gasteiger partial charge in [0.25, 0.3) is 11.5 Å². The number of furan rings is 1. The summed E-state index contributed by atoms with van der Waals surface area (Å²) in [4.78, 5) is 26.1. The van der Waals surface area contributed by atoms with Crippen LogP contribution < -0.4 is 15.8 Å². The highest BCUT2D eigenvalue weighted by molar-refractivity contribution is 5.94. The summed E-state index contributed by atoms with van der Waals surface area (Å²) in [5.74, 6) is 0.398. The van der Waals surface area contributed by atoms with Crippen molar-refractivity contribution >= 4 is 11.6 Å². The highest BCUT2D eigenvalue weighted by Crippen LogP contribution is 2.15. The third-order valence-corrected chi connectivity index (χ3v) is 3.90. The molecule has 0 aliphatic heterocycles. The first kappa shape index (κ1) is 17.5. The first-order valence-electron chi connectivity index (χ1n) is 8.22. The summed E-state index contributed by atoms with van der Waals surface area (Å²) in [7, 11) is 3.88. The van der Waals surface area contributed by atoms with Crippen molar-refractivity contribution in [2.45, 2.75) is 6.54 Å². The van der Waals surface area contributed by atoms with Crippen LogP contribution in [-0.2, 0) is 6.54 Å². The topological polar surface area (TPSA) is 80.4 Å². The Hall–Kier alpha value is -3.35. The predicted molar refractivity (Wildman–Crippen MR) is 99.3 cm³/mol. The average molecular weight is 352 g/mol. The number of nitrogens with zero attached hydrogens (tertiary/aromatic N) is 3. The molecule has 0 saturated carbocycles. The Labute approximate surface area is 150 Å². The molecule has 1 N–H and O–H groups in total. The van der Waals surface area contributed by atoms with Gasteiger partial charge in [-0.1, -0.05) is 0 Å². The summed E-state index contributed by atoms with van der Waals surface area (Å²) in [6.45, 7) is 0.567. The second kappa shape index (κ2) is 7.69. The normalized spacial score (nSPS) is 10.5. The number of hydrogen-bond donors (Lipinski definition) is 1. The Morgan fingerprint density at radius 3 is 2.58 bits per heavy atom. The molecule has 2 aromatic heterocycles. The number of benzene rings is 1. The van der Waals surface area contributed by atoms with Gasteiger partial charge in [-0.2, -0.15) is 5.10 Å². The van der Waals surface area contributed by atoms with Gasteiger partial charge >= 0.3 is 0 Å². The molecule has 7 heteroatoms. The van der Waals surface area contributed by atoms with Crippen molar-refractivity contribution in [3.8, 4) is 11.5 Å². The molecule has 1 aromatic carbocycles. The molecule has 0 fully saturated rings. The fourth-order valence-electron chi connectivity index (χ4n) is 2.45. The van der Waals surface area contributed by atoms with Crippen LogP contribution in [0.1, 0.15) is 10.4 Å². The van der Waals surface area contributed by atoms with Crippen molar-refractivity contribution in [1.29, 1.82) is 0 Å². The SMILES string of the molecule is CN(C)c1ccc(C(=O)NCCn2nc(-c3ccco3)ccc2=O)cc1. The monoisotopic (exact) mass is 352 g/mol. The zero-order valence-electron chi connectivity index (χ0n) is 14.7. The number of amides is 1. The molecule has 3 rings (SSSR count). The van der Waals surface area contributed by atoms with Gasteiger partial charge in [-0.05, 0) is 42.5 Å². The van der Waals surface area contributed by atoms with E-state index < -0.39 is 0 Å². The molecule has 134 valence electrons. The third-order valence-electron chi connectivity index (χ3n) is 3.90. The highest BCUT2D eigenvalue weighted by atomic mass is 16.3. The summed E-state index contributed by atoms with van der Waals surface area (Å²) in [5.41, 5.74) is 1.93. The summed E-state index contributed by atoms with van der Waals surface area (Å²) in [6, 6.07) is 13.9. The van der Waals surface area contributed by atoms with E-state index in [1.807, 2.05) is 31.1 Å². The zero-order chi connectivity index (χ0) is 18.5. The zero-order valence-corrected chi connectivity index (χ0v) is 14.7. The van der Waals surface area contributed by atoms with Gasteiger partial charge < -0.3 is 14.6 Å². The van der Waals surface area contributed by atoms with E-state index in [9.17, 15) is 9.59 Å². The first-order chi connectivity index (χ1) is 12.5. The summed E-state index contributed by atoms with van der Waals surface area (Å²) < 4.78 is 6.60. The number of aromatic nitrogens is 2. The fraction of sp³-hybridized carbons (Fsp3) is 0.211. The molecule has 0 aliphatic rings. The lowest BCUT2D eigenvalue weighted by Gasteiger charge is -2.12. The standard InChI is InChI=1S/C19H20N4O3/c1-22(2)15-7-5-14(6-8-15)19(25)20-11-12-23-18(24)10-9-16(21-23)17-4-3-13-26-17/h3-10,13H,11-12H2,1-2H3,(H,20,25). The van der Waals surface area contributed by atoms with Gasteiger partial charge in [-0.3, -0.25) is 9.59 Å². The van der Waals surface area contributed by atoms with Crippen LogP contribution in [0.15, 0.2) is 64.0 Å². The van der Waals surface area contributed by atoms with E-state index in [2.05, 4.69) is 10.4 Å². The van der Waals surface area contributed by atoms with Crippen molar-refractivity contribution in [2.24, 2.45) is 0 Å². The summed E-state index contributed by atoms with van der Waals surface area (Å²) in [5, 5.41) is 7.07. The summed E-state index contributed by atoms with van der Waals surface area (Å²) >= 11 is 0. The van der Waals surface area contributed by atoms with Crippen molar-refractivity contribution in [3.63, 3.8) is 0 Å². The van der Waals surface area contributed by atoms with Crippen molar-refractivity contribution in [1.82, 2.24) is 15.1 Å². The fourth-order valence-corrected chi connectivity index (χ4v) is 2.45. The number of hydrogen-bond acceptors (Lipinski definition) is 5. The largest absolute Gasteiger partial charge is 0.463 e. The van der Waals surface area contributed by atoms with Crippen molar-refractivity contribution in [3.05, 3.63) is 70.7 Å². The van der Waals surface area contributed by atoms with E-state index in [1.165, 1.54) is 10.7 Å². The molecular formula is C19H20N4O3. The Kier molecular flexibility index (Phi) is 5.17. The Balaban J connectivity index is 1.61. The molecule has 26 heavy (non-hydrogen) atoms. The van der Waals surface area contributed by atoms with E-state index in [-0.39, 0.29) is 18.0 Å². The predicted octanol–water partition coefficient (Wildman–Crippen LogP) is 2.00. The number of carbonyl (C=O) groups is 1. The second-order valence-electron chi connectivity index (χ2n) is 5.95. The first-order valence-corrected chi connectivity index (χ1v) is 8.22. The van der Waals surface area contributed by atoms with E-state index in [1.54, 1.807) is 36.6 Å². The molecule has 7 nitrogen and oxygen atoms in total. The maximum absolute atomic E-state index is 12.2. The van der Waals surface area contributed by atoms with E-state index in [4.69, 9.17) is 4.42 Å². The summed E-state index contributed by atoms with van der Waals surface area (Å²) in [6.07, 6.45) is 1.55. The molecule has 0 atom stereocenters. The Bertz CT molecular complexity index is 928. The minimum absolute atomic E-state index is 0.189. The van der Waals surface area contributed by atoms with Gasteiger partial charge in [-0.25, -0.2) is 4.68 Å². The minimum atomic E-state index is -0.232. The van der Waals surface area contributed by atoms with Gasteiger partial charge in [0, 0.05) is 38.0 Å². The molecule has 0 saturated heterocycles. The molecule has 3 aromatic rings. The molecule has 0 spiro atoms. The lowest BCUT2D eigenvalue weighted by atomic mass is 10.2. The van der Waals surface area contributed by atoms with Crippen molar-refractivity contribution < 1.29 is 9.21 Å². The van der Waals surface area contributed by atoms with Crippen molar-refractivity contribution in [2.75, 3.05) is 25.5 Å². The highest BCUT2D eigenvalue weighted by Gasteiger charge is 2.08. The smallest absolute Gasteiger partial charge is 0.266 e. The van der Waals surface area contributed by atoms with Crippen LogP contribution in [0, 0.1) is 0 Å². The Morgan fingerprint density at radius 2 is 1.92 bits per heavy atom. The maximum Gasteiger partial charge on any atom is 0.266 e. The third kappa shape index (κ3) is 4.00. The van der Waals surface area contributed by atoms with Crippen LogP contribution in [0.4, 0.5) is 5.69 Å². The van der Waals surface area contributed by atoms with Crippen LogP contribution >= 0.6 is 0 Å². The molecule has 1 amide bonds. The minimum Gasteiger partial charge on any atom is -0.463 e. The molecule has 0 unspecified atom stereocenters. The maximum atomic E-state index is 12.2. The molecule has 0 aliphatic carbocycles. The van der Waals surface area contributed by atoms with Gasteiger partial charge in [0.15, 0.2) is 5.76 Å². The average Bonchev–Trinajstić information content (AvgIpc) is 3.18. The van der Waals surface area contributed by atoms with Crippen LogP contribution in [0.25, 0.3) is 11.5 Å². The second-order valence-corrected chi connectivity index (χ2v) is 5.95. The van der Waals surface area contributed by atoms with Gasteiger partial charge in [0.2, 0.25) is 0 Å². The van der Waals surface area contributed by atoms with E-state index in [0.29, 0.717) is 23.6 Å². The lowest BCUT2D eigenvalue weighted by molar-refractivity contribution is 0.0951. The van der Waals surface area contributed by atoms with Crippen LogP contribution in [0.3, 0.4) is 0 Å². The number of anilines is 1. The number of carbonyl (C=O) groups excluding carboxylic acids is 1. The van der Waals surface area contributed by atoms with Gasteiger partial charge in [-0.15, -0.1) is 0 Å². The van der Waals surface area contributed by atoms with Crippen LogP contribution in [-0.4, -0.2) is 36.3 Å². The number of rotatable bonds is 6. The molecular weight excluding hydrogens is 332 g/mol. The quantitative estimate of drug-likeness (QED) is 0.734. The molecule has 0 bridgehead atoms. The molecule has 2 heterocycles. The lowest BCUT2D eigenvalue weighted by Crippen LogP contribution is -2.31. The van der Waals surface area contributed by atoms with Crippen LogP contribution in [0.5, 0.6) is 0 Å². The molecule has 0 radical (unpaired) electrons. The van der Waals surface area contributed by atoms with E-state index in [0.717, 1.165) is 5.69 Å². The Morgan fingerprint density at radius 1 is 1.15 bits per heavy atom. The van der Waals surface area contributed by atoms with Crippen LogP contribution in [0.2, 0.25) is 0 Å². The van der Waals surface area contributed by atoms with Gasteiger partial charge in [0.1, 0.15) is 5.69 Å². The number of nitrogens with one attached hydrogen (secondary N) is 1. The van der Waals surface area contributed by atoms with Gasteiger partial charge in [0.05, 0.1) is 12.8 Å².